The quantitative estimate of drug-likeness (QED) is 0.711. The molecule has 1 amide bonds. The van der Waals surface area contributed by atoms with Crippen LogP contribution in [-0.4, -0.2) is 43.4 Å². The average molecular weight is 249 g/mol. The number of ether oxygens (including phenoxy) is 1. The van der Waals surface area contributed by atoms with Crippen LogP contribution in [-0.2, 0) is 14.3 Å². The maximum Gasteiger partial charge on any atom is 0.325 e. The third-order valence-corrected chi connectivity index (χ3v) is 3.04. The summed E-state index contributed by atoms with van der Waals surface area (Å²) in [5, 5.41) is 0. The molecule has 98 valence electrons. The van der Waals surface area contributed by atoms with Crippen molar-refractivity contribution >= 4 is 11.9 Å². The van der Waals surface area contributed by atoms with Gasteiger partial charge in [-0.2, -0.15) is 0 Å². The fourth-order valence-electron chi connectivity index (χ4n) is 1.93. The van der Waals surface area contributed by atoms with Gasteiger partial charge in [0.05, 0.1) is 7.11 Å². The maximum absolute atomic E-state index is 12.9. The van der Waals surface area contributed by atoms with Gasteiger partial charge in [-0.1, -0.05) is 0 Å². The van der Waals surface area contributed by atoms with Gasteiger partial charge in [0.1, 0.15) is 6.54 Å². The van der Waals surface area contributed by atoms with E-state index in [9.17, 15) is 18.4 Å². The number of rotatable bonds is 3. The minimum Gasteiger partial charge on any atom is -0.468 e. The highest BCUT2D eigenvalue weighted by Gasteiger charge is 2.38. The van der Waals surface area contributed by atoms with Crippen molar-refractivity contribution in [3.8, 4) is 0 Å². The summed E-state index contributed by atoms with van der Waals surface area (Å²) in [5.41, 5.74) is 0. The molecule has 0 unspecified atom stereocenters. The van der Waals surface area contributed by atoms with Crippen LogP contribution in [0.25, 0.3) is 0 Å². The molecular formula is C11H17F2NO3. The lowest BCUT2D eigenvalue weighted by atomic mass is 9.86. The molecule has 0 aromatic heterocycles. The number of likely N-dealkylation sites (N-methyl/N-ethyl adjacent to an activating group) is 1. The van der Waals surface area contributed by atoms with Crippen LogP contribution in [0.1, 0.15) is 25.7 Å². The van der Waals surface area contributed by atoms with E-state index in [-0.39, 0.29) is 38.1 Å². The van der Waals surface area contributed by atoms with E-state index in [1.165, 1.54) is 19.1 Å². The molecule has 0 aliphatic heterocycles. The lowest BCUT2D eigenvalue weighted by Gasteiger charge is -2.29. The minimum atomic E-state index is -2.64. The standard InChI is InChI=1S/C11H17F2NO3/c1-14(7-9(15)17-2)10(16)8-3-5-11(12,13)6-4-8/h8H,3-7H2,1-2H3. The van der Waals surface area contributed by atoms with Gasteiger partial charge < -0.3 is 9.64 Å². The molecule has 1 saturated carbocycles. The van der Waals surface area contributed by atoms with Crippen molar-refractivity contribution in [2.45, 2.75) is 31.6 Å². The first-order chi connectivity index (χ1) is 7.85. The Hall–Kier alpha value is -1.20. The van der Waals surface area contributed by atoms with Crippen molar-refractivity contribution in [3.05, 3.63) is 0 Å². The topological polar surface area (TPSA) is 46.6 Å². The Morgan fingerprint density at radius 2 is 1.88 bits per heavy atom. The van der Waals surface area contributed by atoms with E-state index in [2.05, 4.69) is 4.74 Å². The second-order valence-corrected chi connectivity index (χ2v) is 4.40. The summed E-state index contributed by atoms with van der Waals surface area (Å²) in [5.74, 6) is -3.81. The first-order valence-electron chi connectivity index (χ1n) is 5.55. The minimum absolute atomic E-state index is 0.137. The molecule has 6 heteroatoms. The number of esters is 1. The smallest absolute Gasteiger partial charge is 0.325 e. The summed E-state index contributed by atoms with van der Waals surface area (Å²) in [4.78, 5) is 24.0. The monoisotopic (exact) mass is 249 g/mol. The first-order valence-corrected chi connectivity index (χ1v) is 5.55. The number of carbonyl (C=O) groups is 2. The Morgan fingerprint density at radius 3 is 2.35 bits per heavy atom. The van der Waals surface area contributed by atoms with E-state index in [1.807, 2.05) is 0 Å². The van der Waals surface area contributed by atoms with Crippen molar-refractivity contribution in [2.75, 3.05) is 20.7 Å². The summed E-state index contributed by atoms with van der Waals surface area (Å²) in [6.45, 7) is -0.137. The summed E-state index contributed by atoms with van der Waals surface area (Å²) in [6, 6.07) is 0. The van der Waals surface area contributed by atoms with Crippen molar-refractivity contribution < 1.29 is 23.1 Å². The van der Waals surface area contributed by atoms with Crippen LogP contribution in [0.15, 0.2) is 0 Å². The fourth-order valence-corrected chi connectivity index (χ4v) is 1.93. The van der Waals surface area contributed by atoms with Crippen LogP contribution in [0.4, 0.5) is 8.78 Å². The second-order valence-electron chi connectivity index (χ2n) is 4.40. The second kappa shape index (κ2) is 5.42. The molecular weight excluding hydrogens is 232 g/mol. The maximum atomic E-state index is 12.9. The Balaban J connectivity index is 2.46. The number of hydrogen-bond donors (Lipinski definition) is 0. The summed E-state index contributed by atoms with van der Waals surface area (Å²) in [7, 11) is 2.72. The largest absolute Gasteiger partial charge is 0.468 e. The van der Waals surface area contributed by atoms with Crippen LogP contribution in [0.5, 0.6) is 0 Å². The molecule has 0 bridgehead atoms. The molecule has 17 heavy (non-hydrogen) atoms. The van der Waals surface area contributed by atoms with Gasteiger partial charge in [0.25, 0.3) is 0 Å². The van der Waals surface area contributed by atoms with Gasteiger partial charge in [-0.05, 0) is 12.8 Å². The van der Waals surface area contributed by atoms with Crippen LogP contribution < -0.4 is 0 Å². The molecule has 1 fully saturated rings. The van der Waals surface area contributed by atoms with Crippen molar-refractivity contribution in [1.82, 2.24) is 4.90 Å². The van der Waals surface area contributed by atoms with Crippen LogP contribution in [0, 0.1) is 5.92 Å². The zero-order chi connectivity index (χ0) is 13.1. The highest BCUT2D eigenvalue weighted by Crippen LogP contribution is 2.36. The third kappa shape index (κ3) is 3.94. The molecule has 0 N–H and O–H groups in total. The van der Waals surface area contributed by atoms with E-state index < -0.39 is 17.8 Å². The number of methoxy groups -OCH3 is 1. The van der Waals surface area contributed by atoms with Gasteiger partial charge in [0.2, 0.25) is 11.8 Å². The summed E-state index contributed by atoms with van der Waals surface area (Å²) in [6.07, 6.45) is -0.153. The lowest BCUT2D eigenvalue weighted by molar-refractivity contribution is -0.149. The summed E-state index contributed by atoms with van der Waals surface area (Å²) >= 11 is 0. The molecule has 0 spiro atoms. The molecule has 0 saturated heterocycles. The number of nitrogens with zero attached hydrogens (tertiary/aromatic N) is 1. The Kier molecular flexibility index (Phi) is 4.42. The Labute approximate surface area is 98.9 Å². The summed E-state index contributed by atoms with van der Waals surface area (Å²) < 4.78 is 30.3. The number of hydrogen-bond acceptors (Lipinski definition) is 3. The highest BCUT2D eigenvalue weighted by molar-refractivity contribution is 5.83. The molecule has 4 nitrogen and oxygen atoms in total. The van der Waals surface area contributed by atoms with Gasteiger partial charge >= 0.3 is 5.97 Å². The molecule has 0 radical (unpaired) electrons. The number of carbonyl (C=O) groups excluding carboxylic acids is 2. The van der Waals surface area contributed by atoms with Gasteiger partial charge in [-0.3, -0.25) is 9.59 Å². The predicted octanol–water partition coefficient (Wildman–Crippen LogP) is 1.44. The molecule has 1 aliphatic rings. The van der Waals surface area contributed by atoms with E-state index in [0.717, 1.165) is 0 Å². The molecule has 1 rings (SSSR count). The van der Waals surface area contributed by atoms with Crippen LogP contribution in [0.2, 0.25) is 0 Å². The average Bonchev–Trinajstić information content (AvgIpc) is 2.27. The zero-order valence-electron chi connectivity index (χ0n) is 10.0. The lowest BCUT2D eigenvalue weighted by Crippen LogP contribution is -2.39. The molecule has 0 atom stereocenters. The van der Waals surface area contributed by atoms with Crippen LogP contribution >= 0.6 is 0 Å². The molecule has 0 aromatic rings. The SMILES string of the molecule is COC(=O)CN(C)C(=O)C1CCC(F)(F)CC1. The number of amides is 1. The third-order valence-electron chi connectivity index (χ3n) is 3.04. The van der Waals surface area contributed by atoms with Crippen molar-refractivity contribution in [3.63, 3.8) is 0 Å². The fraction of sp³-hybridized carbons (Fsp3) is 0.818. The normalized spacial score (nSPS) is 19.8. The van der Waals surface area contributed by atoms with Gasteiger partial charge in [0, 0.05) is 25.8 Å². The van der Waals surface area contributed by atoms with Gasteiger partial charge in [-0.25, -0.2) is 8.78 Å². The molecule has 1 aliphatic carbocycles. The Morgan fingerprint density at radius 1 is 1.35 bits per heavy atom. The van der Waals surface area contributed by atoms with E-state index in [4.69, 9.17) is 0 Å². The highest BCUT2D eigenvalue weighted by atomic mass is 19.3. The van der Waals surface area contributed by atoms with E-state index in [1.54, 1.807) is 0 Å². The molecule has 0 aromatic carbocycles. The van der Waals surface area contributed by atoms with Crippen molar-refractivity contribution in [2.24, 2.45) is 5.92 Å². The first kappa shape index (κ1) is 13.9. The Bertz CT molecular complexity index is 297. The van der Waals surface area contributed by atoms with Gasteiger partial charge in [-0.15, -0.1) is 0 Å². The number of alkyl halides is 2. The van der Waals surface area contributed by atoms with E-state index >= 15 is 0 Å². The number of halogens is 2. The van der Waals surface area contributed by atoms with Crippen LogP contribution in [0.3, 0.4) is 0 Å². The van der Waals surface area contributed by atoms with E-state index in [0.29, 0.717) is 0 Å². The van der Waals surface area contributed by atoms with Gasteiger partial charge in [0.15, 0.2) is 0 Å². The van der Waals surface area contributed by atoms with Crippen molar-refractivity contribution in [1.29, 1.82) is 0 Å². The predicted molar refractivity (Wildman–Crippen MR) is 56.6 cm³/mol. The zero-order valence-corrected chi connectivity index (χ0v) is 10.0. The molecule has 0 heterocycles.